The predicted molar refractivity (Wildman–Crippen MR) is 56.5 cm³/mol. The van der Waals surface area contributed by atoms with Crippen molar-refractivity contribution in [3.05, 3.63) is 0 Å². The molecule has 0 aliphatic carbocycles. The van der Waals surface area contributed by atoms with Crippen LogP contribution in [0.4, 0.5) is 0 Å². The van der Waals surface area contributed by atoms with Gasteiger partial charge >= 0.3 is 0 Å². The molecule has 1 aliphatic heterocycles. The maximum absolute atomic E-state index is 5.86. The monoisotopic (exact) mass is 188 g/mol. The Morgan fingerprint density at radius 1 is 1.46 bits per heavy atom. The minimum Gasteiger partial charge on any atom is -0.384 e. The fourth-order valence-electron chi connectivity index (χ4n) is 1.73. The molecule has 0 amide bonds. The summed E-state index contributed by atoms with van der Waals surface area (Å²) in [6, 6.07) is 0.560. The molecule has 2 N–H and O–H groups in total. The van der Waals surface area contributed by atoms with Gasteiger partial charge in [0.05, 0.1) is 12.8 Å². The number of hydrogen-bond donors (Lipinski definition) is 1. The molecule has 1 rings (SSSR count). The van der Waals surface area contributed by atoms with Crippen LogP contribution < -0.4 is 5.73 Å². The van der Waals surface area contributed by atoms with E-state index in [1.807, 2.05) is 13.8 Å². The molecule has 3 unspecified atom stereocenters. The summed E-state index contributed by atoms with van der Waals surface area (Å²) < 4.78 is 5.11. The summed E-state index contributed by atoms with van der Waals surface area (Å²) in [4.78, 5) is 2.21. The number of nitrogens with two attached hydrogens (primary N) is 1. The molecule has 3 atom stereocenters. The van der Waals surface area contributed by atoms with Crippen LogP contribution in [0.3, 0.4) is 0 Å². The highest BCUT2D eigenvalue weighted by atomic mass is 16.5. The third-order valence-corrected chi connectivity index (χ3v) is 2.77. The molecule has 0 bridgehead atoms. The zero-order chi connectivity index (χ0) is 10.4. The SMILES string of the molecule is CC.COCC1CC(N)N(C)C1C. The van der Waals surface area contributed by atoms with E-state index in [4.69, 9.17) is 10.5 Å². The fourth-order valence-corrected chi connectivity index (χ4v) is 1.73. The smallest absolute Gasteiger partial charge is 0.0575 e. The molecule has 1 aliphatic rings. The quantitative estimate of drug-likeness (QED) is 0.709. The lowest BCUT2D eigenvalue weighted by Crippen LogP contribution is -2.37. The van der Waals surface area contributed by atoms with Crippen molar-refractivity contribution in [2.45, 2.75) is 39.4 Å². The van der Waals surface area contributed by atoms with E-state index in [1.54, 1.807) is 7.11 Å². The summed E-state index contributed by atoms with van der Waals surface area (Å²) in [6.07, 6.45) is 1.29. The molecular formula is C10H24N2O. The molecule has 0 aromatic carbocycles. The first-order valence-electron chi connectivity index (χ1n) is 5.13. The first kappa shape index (κ1) is 12.9. The minimum absolute atomic E-state index is 0.227. The molecule has 0 radical (unpaired) electrons. The normalized spacial score (nSPS) is 34.2. The molecule has 3 nitrogen and oxygen atoms in total. The van der Waals surface area contributed by atoms with E-state index in [1.165, 1.54) is 0 Å². The van der Waals surface area contributed by atoms with E-state index in [9.17, 15) is 0 Å². The molecule has 0 aromatic rings. The van der Waals surface area contributed by atoms with Gasteiger partial charge in [0, 0.05) is 19.1 Å². The maximum Gasteiger partial charge on any atom is 0.0575 e. The van der Waals surface area contributed by atoms with Crippen LogP contribution in [-0.4, -0.2) is 37.9 Å². The number of methoxy groups -OCH3 is 1. The molecule has 3 heteroatoms. The second-order valence-corrected chi connectivity index (χ2v) is 3.42. The number of likely N-dealkylation sites (tertiary alicyclic amines) is 1. The van der Waals surface area contributed by atoms with E-state index >= 15 is 0 Å². The van der Waals surface area contributed by atoms with Gasteiger partial charge in [0.25, 0.3) is 0 Å². The first-order valence-corrected chi connectivity index (χ1v) is 5.13. The van der Waals surface area contributed by atoms with Crippen molar-refractivity contribution in [1.82, 2.24) is 4.90 Å². The highest BCUT2D eigenvalue weighted by Crippen LogP contribution is 2.25. The average molecular weight is 188 g/mol. The molecule has 1 heterocycles. The average Bonchev–Trinajstić information content (AvgIpc) is 2.38. The van der Waals surface area contributed by atoms with E-state index in [-0.39, 0.29) is 6.17 Å². The van der Waals surface area contributed by atoms with E-state index < -0.39 is 0 Å². The van der Waals surface area contributed by atoms with Gasteiger partial charge in [-0.15, -0.1) is 0 Å². The van der Waals surface area contributed by atoms with Gasteiger partial charge in [0.2, 0.25) is 0 Å². The standard InChI is InChI=1S/C8H18N2O.C2H6/c1-6-7(5-11-3)4-8(9)10(6)2;1-2/h6-8H,4-5,9H2,1-3H3;1-2H3. The van der Waals surface area contributed by atoms with Crippen molar-refractivity contribution in [3.8, 4) is 0 Å². The lowest BCUT2D eigenvalue weighted by atomic mass is 10.0. The van der Waals surface area contributed by atoms with Crippen LogP contribution in [0.5, 0.6) is 0 Å². The molecule has 1 saturated heterocycles. The summed E-state index contributed by atoms with van der Waals surface area (Å²) in [6.45, 7) is 7.04. The molecule has 0 spiro atoms. The Bertz CT molecular complexity index is 130. The van der Waals surface area contributed by atoms with Gasteiger partial charge in [-0.1, -0.05) is 13.8 Å². The van der Waals surface area contributed by atoms with Crippen molar-refractivity contribution in [3.63, 3.8) is 0 Å². The van der Waals surface area contributed by atoms with Crippen molar-refractivity contribution < 1.29 is 4.74 Å². The summed E-state index contributed by atoms with van der Waals surface area (Å²) >= 11 is 0. The highest BCUT2D eigenvalue weighted by Gasteiger charge is 2.33. The Morgan fingerprint density at radius 2 is 2.00 bits per heavy atom. The lowest BCUT2D eigenvalue weighted by molar-refractivity contribution is 0.134. The number of nitrogens with zero attached hydrogens (tertiary/aromatic N) is 1. The van der Waals surface area contributed by atoms with Crippen LogP contribution in [0.25, 0.3) is 0 Å². The Morgan fingerprint density at radius 3 is 2.31 bits per heavy atom. The maximum atomic E-state index is 5.86. The van der Waals surface area contributed by atoms with Crippen LogP contribution >= 0.6 is 0 Å². The molecular weight excluding hydrogens is 164 g/mol. The number of ether oxygens (including phenoxy) is 1. The van der Waals surface area contributed by atoms with Crippen LogP contribution in [-0.2, 0) is 4.74 Å². The topological polar surface area (TPSA) is 38.5 Å². The summed E-state index contributed by atoms with van der Waals surface area (Å²) in [5.74, 6) is 0.611. The van der Waals surface area contributed by atoms with Gasteiger partial charge in [-0.25, -0.2) is 0 Å². The highest BCUT2D eigenvalue weighted by molar-refractivity contribution is 4.86. The van der Waals surface area contributed by atoms with Crippen molar-refractivity contribution in [1.29, 1.82) is 0 Å². The Kier molecular flexibility index (Phi) is 6.29. The lowest BCUT2D eigenvalue weighted by Gasteiger charge is -2.21. The Balaban J connectivity index is 0.000000671. The third kappa shape index (κ3) is 3.25. The third-order valence-electron chi connectivity index (χ3n) is 2.77. The second kappa shape index (κ2) is 6.35. The van der Waals surface area contributed by atoms with E-state index in [0.717, 1.165) is 13.0 Å². The van der Waals surface area contributed by atoms with Gasteiger partial charge in [-0.2, -0.15) is 0 Å². The molecule has 0 aromatic heterocycles. The molecule has 13 heavy (non-hydrogen) atoms. The fraction of sp³-hybridized carbons (Fsp3) is 1.00. The van der Waals surface area contributed by atoms with Crippen molar-refractivity contribution >= 4 is 0 Å². The van der Waals surface area contributed by atoms with Crippen LogP contribution in [0.2, 0.25) is 0 Å². The Labute approximate surface area is 82.2 Å². The minimum atomic E-state index is 0.227. The van der Waals surface area contributed by atoms with Crippen molar-refractivity contribution in [2.75, 3.05) is 20.8 Å². The van der Waals surface area contributed by atoms with Crippen LogP contribution in [0.1, 0.15) is 27.2 Å². The number of hydrogen-bond acceptors (Lipinski definition) is 3. The van der Waals surface area contributed by atoms with E-state index in [2.05, 4.69) is 18.9 Å². The Hall–Kier alpha value is -0.120. The van der Waals surface area contributed by atoms with Gasteiger partial charge in [-0.3, -0.25) is 4.90 Å². The molecule has 0 saturated carbocycles. The zero-order valence-corrected chi connectivity index (χ0v) is 9.58. The largest absolute Gasteiger partial charge is 0.384 e. The van der Waals surface area contributed by atoms with Gasteiger partial charge in [0.1, 0.15) is 0 Å². The molecule has 1 fully saturated rings. The van der Waals surface area contributed by atoms with Gasteiger partial charge in [-0.05, 0) is 20.4 Å². The number of rotatable bonds is 2. The van der Waals surface area contributed by atoms with Crippen LogP contribution in [0, 0.1) is 5.92 Å². The summed E-state index contributed by atoms with van der Waals surface area (Å²) in [7, 11) is 3.82. The van der Waals surface area contributed by atoms with Gasteiger partial charge in [0.15, 0.2) is 0 Å². The summed E-state index contributed by atoms with van der Waals surface area (Å²) in [5, 5.41) is 0. The van der Waals surface area contributed by atoms with E-state index in [0.29, 0.717) is 12.0 Å². The van der Waals surface area contributed by atoms with Gasteiger partial charge < -0.3 is 10.5 Å². The second-order valence-electron chi connectivity index (χ2n) is 3.42. The summed E-state index contributed by atoms with van der Waals surface area (Å²) in [5.41, 5.74) is 5.86. The first-order chi connectivity index (χ1) is 6.16. The van der Waals surface area contributed by atoms with Crippen molar-refractivity contribution in [2.24, 2.45) is 11.7 Å². The molecule has 80 valence electrons. The van der Waals surface area contributed by atoms with Crippen LogP contribution in [0.15, 0.2) is 0 Å². The zero-order valence-electron chi connectivity index (χ0n) is 9.58. The predicted octanol–water partition coefficient (Wildman–Crippen LogP) is 1.28.